The fourth-order valence-electron chi connectivity index (χ4n) is 5.62. The third kappa shape index (κ3) is 5.83. The Bertz CT molecular complexity index is 1180. The van der Waals surface area contributed by atoms with Gasteiger partial charge in [0, 0.05) is 34.7 Å². The molecule has 2 unspecified atom stereocenters. The van der Waals surface area contributed by atoms with Gasteiger partial charge in [-0.2, -0.15) is 13.2 Å². The highest BCUT2D eigenvalue weighted by atomic mass is 79.9. The molecule has 5 rings (SSSR count). The van der Waals surface area contributed by atoms with E-state index in [0.717, 1.165) is 60.5 Å². The van der Waals surface area contributed by atoms with E-state index in [9.17, 15) is 13.2 Å². The molecule has 0 aliphatic carbocycles. The van der Waals surface area contributed by atoms with E-state index in [1.807, 2.05) is 18.2 Å². The van der Waals surface area contributed by atoms with Gasteiger partial charge in [0.05, 0.1) is 5.56 Å². The van der Waals surface area contributed by atoms with Crippen LogP contribution in [-0.4, -0.2) is 35.5 Å². The number of alkyl halides is 3. The van der Waals surface area contributed by atoms with Crippen LogP contribution < -0.4 is 0 Å². The average molecular weight is 578 g/mol. The summed E-state index contributed by atoms with van der Waals surface area (Å²) < 4.78 is 39.8. The van der Waals surface area contributed by atoms with E-state index >= 15 is 0 Å². The van der Waals surface area contributed by atoms with Gasteiger partial charge in [-0.05, 0) is 85.3 Å². The van der Waals surface area contributed by atoms with Crippen molar-refractivity contribution in [3.63, 3.8) is 0 Å². The summed E-state index contributed by atoms with van der Waals surface area (Å²) in [5, 5.41) is 0.766. The first kappa shape index (κ1) is 25.8. The van der Waals surface area contributed by atoms with Crippen molar-refractivity contribution in [3.05, 3.63) is 105 Å². The fraction of sp³-hybridized carbons (Fsp3) is 0.379. The molecular weight excluding hydrogens is 549 g/mol. The van der Waals surface area contributed by atoms with Gasteiger partial charge in [0.1, 0.15) is 0 Å². The van der Waals surface area contributed by atoms with Crippen molar-refractivity contribution < 1.29 is 13.2 Å². The van der Waals surface area contributed by atoms with Crippen molar-refractivity contribution in [1.29, 1.82) is 0 Å². The van der Waals surface area contributed by atoms with Crippen molar-refractivity contribution in [1.82, 2.24) is 9.80 Å². The first-order valence-corrected chi connectivity index (χ1v) is 13.6. The smallest absolute Gasteiger partial charge is 0.302 e. The first-order chi connectivity index (χ1) is 17.3. The lowest BCUT2D eigenvalue weighted by Gasteiger charge is -2.51. The van der Waals surface area contributed by atoms with E-state index in [-0.39, 0.29) is 0 Å². The van der Waals surface area contributed by atoms with Crippen molar-refractivity contribution >= 4 is 27.5 Å². The van der Waals surface area contributed by atoms with Crippen LogP contribution in [0.5, 0.6) is 0 Å². The third-order valence-corrected chi connectivity index (χ3v) is 8.68. The number of halogens is 5. The fourth-order valence-corrected chi connectivity index (χ4v) is 6.23. The lowest BCUT2D eigenvalue weighted by atomic mass is 9.85. The number of likely N-dealkylation sites (tertiary alicyclic amines) is 2. The highest BCUT2D eigenvalue weighted by molar-refractivity contribution is 9.10. The van der Waals surface area contributed by atoms with Crippen LogP contribution in [0.1, 0.15) is 53.5 Å². The van der Waals surface area contributed by atoms with Crippen LogP contribution in [0.2, 0.25) is 5.02 Å². The van der Waals surface area contributed by atoms with Crippen LogP contribution >= 0.6 is 27.5 Å². The molecule has 0 radical (unpaired) electrons. The Balaban J connectivity index is 1.22. The van der Waals surface area contributed by atoms with Crippen LogP contribution in [-0.2, 0) is 12.7 Å². The Morgan fingerprint density at radius 3 is 2.28 bits per heavy atom. The molecule has 2 heterocycles. The van der Waals surface area contributed by atoms with Gasteiger partial charge in [-0.15, -0.1) is 0 Å². The number of rotatable bonds is 6. The molecule has 2 fully saturated rings. The molecule has 2 nitrogen and oxygen atoms in total. The number of nitrogens with zero attached hydrogens (tertiary/aromatic N) is 2. The van der Waals surface area contributed by atoms with E-state index in [1.165, 1.54) is 23.3 Å². The Kier molecular flexibility index (Phi) is 7.78. The largest absolute Gasteiger partial charge is 0.416 e. The van der Waals surface area contributed by atoms with Gasteiger partial charge >= 0.3 is 6.18 Å². The summed E-state index contributed by atoms with van der Waals surface area (Å²) >= 11 is 10.0. The van der Waals surface area contributed by atoms with Crippen LogP contribution in [0.15, 0.2) is 77.3 Å². The van der Waals surface area contributed by atoms with Crippen LogP contribution in [0, 0.1) is 0 Å². The molecule has 36 heavy (non-hydrogen) atoms. The molecule has 2 saturated heterocycles. The van der Waals surface area contributed by atoms with Crippen molar-refractivity contribution in [2.75, 3.05) is 19.6 Å². The first-order valence-electron chi connectivity index (χ1n) is 12.4. The number of hydrogen-bond acceptors (Lipinski definition) is 2. The van der Waals surface area contributed by atoms with Crippen LogP contribution in [0.3, 0.4) is 0 Å². The van der Waals surface area contributed by atoms with Gasteiger partial charge in [0.15, 0.2) is 0 Å². The van der Waals surface area contributed by atoms with E-state index in [4.69, 9.17) is 11.6 Å². The molecule has 2 atom stereocenters. The van der Waals surface area contributed by atoms with E-state index in [1.54, 1.807) is 12.1 Å². The monoisotopic (exact) mass is 576 g/mol. The molecule has 0 N–H and O–H groups in total. The van der Waals surface area contributed by atoms with E-state index in [2.05, 4.69) is 56.1 Å². The number of piperidine rings is 1. The summed E-state index contributed by atoms with van der Waals surface area (Å²) in [6.45, 7) is 3.80. The second kappa shape index (κ2) is 10.9. The molecule has 190 valence electrons. The highest BCUT2D eigenvalue weighted by Gasteiger charge is 2.40. The normalized spacial score (nSPS) is 21.9. The second-order valence-corrected chi connectivity index (χ2v) is 11.2. The second-order valence-electron chi connectivity index (χ2n) is 9.92. The van der Waals surface area contributed by atoms with Gasteiger partial charge in [-0.3, -0.25) is 4.90 Å². The van der Waals surface area contributed by atoms with Crippen molar-refractivity contribution in [3.8, 4) is 0 Å². The van der Waals surface area contributed by atoms with Crippen LogP contribution in [0.4, 0.5) is 13.2 Å². The Labute approximate surface area is 224 Å². The van der Waals surface area contributed by atoms with E-state index in [0.29, 0.717) is 18.0 Å². The number of hydrogen-bond donors (Lipinski definition) is 0. The lowest BCUT2D eigenvalue weighted by Crippen LogP contribution is -2.55. The summed E-state index contributed by atoms with van der Waals surface area (Å²) in [5.41, 5.74) is 2.97. The predicted molar refractivity (Wildman–Crippen MR) is 142 cm³/mol. The minimum absolute atomic E-state index is 0.320. The molecule has 3 aromatic carbocycles. The molecule has 0 saturated carbocycles. The van der Waals surface area contributed by atoms with Gasteiger partial charge < -0.3 is 4.90 Å². The zero-order valence-electron chi connectivity index (χ0n) is 19.9. The molecule has 7 heteroatoms. The van der Waals surface area contributed by atoms with Gasteiger partial charge in [0.2, 0.25) is 0 Å². The topological polar surface area (TPSA) is 6.48 Å². The van der Waals surface area contributed by atoms with Gasteiger partial charge in [0.25, 0.3) is 0 Å². The standard InChI is InChI=1S/C29H29BrClF3N2/c30-27-7-2-1-4-23(27)18-36-26(17-28(36)22-5-3-6-25(31)16-22)19-35-14-12-21(13-15-35)20-8-10-24(11-9-20)29(32,33)34/h1-11,16,21,26,28H,12-15,17-19H2. The maximum absolute atomic E-state index is 12.9. The summed E-state index contributed by atoms with van der Waals surface area (Å²) in [4.78, 5) is 5.10. The molecule has 0 bridgehead atoms. The SMILES string of the molecule is FC(F)(F)c1ccc(C2CCN(CC3CC(c4cccc(Cl)c4)N3Cc3ccccc3Br)CC2)cc1. The zero-order chi connectivity index (χ0) is 25.3. The summed E-state index contributed by atoms with van der Waals surface area (Å²) in [7, 11) is 0. The third-order valence-electron chi connectivity index (χ3n) is 7.67. The Morgan fingerprint density at radius 1 is 0.889 bits per heavy atom. The van der Waals surface area contributed by atoms with Crippen molar-refractivity contribution in [2.24, 2.45) is 0 Å². The predicted octanol–water partition coefficient (Wildman–Crippen LogP) is 8.32. The Morgan fingerprint density at radius 2 is 1.61 bits per heavy atom. The maximum Gasteiger partial charge on any atom is 0.416 e. The van der Waals surface area contributed by atoms with Crippen molar-refractivity contribution in [2.45, 2.75) is 50.0 Å². The number of benzene rings is 3. The molecule has 2 aliphatic heterocycles. The summed E-state index contributed by atoms with van der Waals surface area (Å²) in [5.74, 6) is 0.320. The molecular formula is C29H29BrClF3N2. The lowest BCUT2D eigenvalue weighted by molar-refractivity contribution is -0.137. The van der Waals surface area contributed by atoms with Crippen LogP contribution in [0.25, 0.3) is 0 Å². The van der Waals surface area contributed by atoms with Gasteiger partial charge in [-0.1, -0.05) is 70.0 Å². The molecule has 2 aliphatic rings. The molecule has 0 spiro atoms. The summed E-state index contributed by atoms with van der Waals surface area (Å²) in [6.07, 6.45) is -1.25. The average Bonchev–Trinajstić information content (AvgIpc) is 2.86. The zero-order valence-corrected chi connectivity index (χ0v) is 22.2. The minimum Gasteiger partial charge on any atom is -0.302 e. The Hall–Kier alpha value is -1.86. The van der Waals surface area contributed by atoms with E-state index < -0.39 is 11.7 Å². The molecule has 0 aromatic heterocycles. The highest BCUT2D eigenvalue weighted by Crippen LogP contribution is 2.42. The van der Waals surface area contributed by atoms with Gasteiger partial charge in [-0.25, -0.2) is 0 Å². The molecule has 3 aromatic rings. The summed E-state index contributed by atoms with van der Waals surface area (Å²) in [6, 6.07) is 23.1. The molecule has 0 amide bonds. The quantitative estimate of drug-likeness (QED) is 0.291. The minimum atomic E-state index is -4.28. The maximum atomic E-state index is 12.9.